The first-order chi connectivity index (χ1) is 13.5. The molecule has 1 aliphatic carbocycles. The van der Waals surface area contributed by atoms with Gasteiger partial charge in [0.1, 0.15) is 10.4 Å². The highest BCUT2D eigenvalue weighted by Crippen LogP contribution is 2.25. The number of carbonyl (C=O) groups is 2. The smallest absolute Gasteiger partial charge is 0.309 e. The Kier molecular flexibility index (Phi) is 7.44. The number of ether oxygens (including phenoxy) is 1. The molecule has 156 valence electrons. The topological polar surface area (TPSA) is 105 Å². The molecule has 1 saturated carbocycles. The summed E-state index contributed by atoms with van der Waals surface area (Å²) in [5.41, 5.74) is 0. The summed E-state index contributed by atoms with van der Waals surface area (Å²) in [7, 11) is -3.69. The lowest BCUT2D eigenvalue weighted by molar-refractivity contribution is -0.140. The minimum Gasteiger partial charge on any atom is -0.360 e. The molecule has 1 aromatic heterocycles. The van der Waals surface area contributed by atoms with Crippen molar-refractivity contribution in [3.8, 4) is 0 Å². The fourth-order valence-electron chi connectivity index (χ4n) is 3.56. The van der Waals surface area contributed by atoms with Crippen molar-refractivity contribution < 1.29 is 22.7 Å². The van der Waals surface area contributed by atoms with Crippen LogP contribution in [0.2, 0.25) is 0 Å². The predicted molar refractivity (Wildman–Crippen MR) is 105 cm³/mol. The van der Waals surface area contributed by atoms with Crippen LogP contribution in [0.4, 0.5) is 0 Å². The minimum atomic E-state index is -3.69. The standard InChI is InChI=1S/C18H27N3O5S2/c22-17(18(23)20-14-7-3-1-2-4-8-14)19-13-15-21(10-6-11-26-15)28(24,25)16-9-5-12-27-16/h5,9,12,14-15H,1-4,6-8,10-11,13H2,(H,19,22)(H,20,23). The summed E-state index contributed by atoms with van der Waals surface area (Å²) < 4.78 is 32.7. The molecule has 1 aromatic rings. The molecule has 3 rings (SSSR count). The van der Waals surface area contributed by atoms with Gasteiger partial charge in [0.15, 0.2) is 0 Å². The summed E-state index contributed by atoms with van der Waals surface area (Å²) >= 11 is 1.14. The lowest BCUT2D eigenvalue weighted by Gasteiger charge is -2.34. The molecule has 1 atom stereocenters. The van der Waals surface area contributed by atoms with Crippen molar-refractivity contribution >= 4 is 33.2 Å². The van der Waals surface area contributed by atoms with Crippen LogP contribution in [-0.4, -0.2) is 56.5 Å². The monoisotopic (exact) mass is 429 g/mol. The second kappa shape index (κ2) is 9.82. The summed E-state index contributed by atoms with van der Waals surface area (Å²) in [4.78, 5) is 24.4. The molecular weight excluding hydrogens is 402 g/mol. The van der Waals surface area contributed by atoms with Crippen molar-refractivity contribution in [2.45, 2.75) is 61.4 Å². The average molecular weight is 430 g/mol. The zero-order valence-corrected chi connectivity index (χ0v) is 17.4. The molecule has 2 fully saturated rings. The second-order valence-corrected chi connectivity index (χ2v) is 10.2. The number of amides is 2. The van der Waals surface area contributed by atoms with E-state index < -0.39 is 28.1 Å². The maximum atomic E-state index is 12.8. The SMILES string of the molecule is O=C(NCC1OCCCN1S(=O)(=O)c1cccs1)C(=O)NC1CCCCCC1. The zero-order valence-electron chi connectivity index (χ0n) is 15.8. The van der Waals surface area contributed by atoms with E-state index in [9.17, 15) is 18.0 Å². The molecule has 0 bridgehead atoms. The van der Waals surface area contributed by atoms with E-state index in [0.717, 1.165) is 49.9 Å². The van der Waals surface area contributed by atoms with Gasteiger partial charge in [0, 0.05) is 12.6 Å². The maximum absolute atomic E-state index is 12.8. The molecule has 1 unspecified atom stereocenters. The first-order valence-electron chi connectivity index (χ1n) is 9.74. The van der Waals surface area contributed by atoms with Crippen molar-refractivity contribution in [1.29, 1.82) is 0 Å². The van der Waals surface area contributed by atoms with Crippen molar-refractivity contribution in [2.24, 2.45) is 0 Å². The van der Waals surface area contributed by atoms with Crippen molar-refractivity contribution in [3.05, 3.63) is 17.5 Å². The second-order valence-electron chi connectivity index (χ2n) is 7.10. The summed E-state index contributed by atoms with van der Waals surface area (Å²) in [6, 6.07) is 3.25. The van der Waals surface area contributed by atoms with Crippen LogP contribution in [0.5, 0.6) is 0 Å². The number of sulfonamides is 1. The summed E-state index contributed by atoms with van der Waals surface area (Å²) in [5.74, 6) is -1.43. The van der Waals surface area contributed by atoms with Crippen LogP contribution in [0.25, 0.3) is 0 Å². The maximum Gasteiger partial charge on any atom is 0.309 e. The molecule has 0 radical (unpaired) electrons. The third-order valence-electron chi connectivity index (χ3n) is 5.05. The van der Waals surface area contributed by atoms with Gasteiger partial charge in [-0.25, -0.2) is 8.42 Å². The van der Waals surface area contributed by atoms with Crippen LogP contribution < -0.4 is 10.6 Å². The fraction of sp³-hybridized carbons (Fsp3) is 0.667. The summed E-state index contributed by atoms with van der Waals surface area (Å²) in [6.07, 6.45) is 5.95. The lowest BCUT2D eigenvalue weighted by atomic mass is 10.1. The number of nitrogens with zero attached hydrogens (tertiary/aromatic N) is 1. The van der Waals surface area contributed by atoms with E-state index in [0.29, 0.717) is 19.6 Å². The minimum absolute atomic E-state index is 0.0300. The van der Waals surface area contributed by atoms with Crippen LogP contribution in [0.3, 0.4) is 0 Å². The van der Waals surface area contributed by atoms with Gasteiger partial charge in [0.05, 0.1) is 13.2 Å². The summed E-state index contributed by atoms with van der Waals surface area (Å²) in [5, 5.41) is 7.01. The van der Waals surface area contributed by atoms with Gasteiger partial charge >= 0.3 is 11.8 Å². The molecule has 2 amide bonds. The Morgan fingerprint density at radius 1 is 1.14 bits per heavy atom. The molecule has 28 heavy (non-hydrogen) atoms. The zero-order chi connectivity index (χ0) is 20.0. The normalized spacial score (nSPS) is 22.4. The largest absolute Gasteiger partial charge is 0.360 e. The molecule has 1 saturated heterocycles. The number of thiophene rings is 1. The third-order valence-corrected chi connectivity index (χ3v) is 8.31. The first kappa shape index (κ1) is 21.2. The quantitative estimate of drug-likeness (QED) is 0.544. The molecule has 2 aliphatic rings. The Labute approximate surface area is 169 Å². The fourth-order valence-corrected chi connectivity index (χ4v) is 6.25. The van der Waals surface area contributed by atoms with Gasteiger partial charge in [-0.15, -0.1) is 11.3 Å². The third kappa shape index (κ3) is 5.31. The number of hydrogen-bond donors (Lipinski definition) is 2. The van der Waals surface area contributed by atoms with Crippen molar-refractivity contribution in [2.75, 3.05) is 19.7 Å². The molecular formula is C18H27N3O5S2. The number of rotatable bonds is 5. The van der Waals surface area contributed by atoms with Gasteiger partial charge in [0.2, 0.25) is 0 Å². The van der Waals surface area contributed by atoms with E-state index in [1.165, 1.54) is 4.31 Å². The Balaban J connectivity index is 1.55. The van der Waals surface area contributed by atoms with Gasteiger partial charge in [-0.1, -0.05) is 31.7 Å². The van der Waals surface area contributed by atoms with E-state index in [-0.39, 0.29) is 16.8 Å². The lowest BCUT2D eigenvalue weighted by Crippen LogP contribution is -2.53. The molecule has 0 spiro atoms. The average Bonchev–Trinajstić information content (AvgIpc) is 3.13. The van der Waals surface area contributed by atoms with Crippen LogP contribution >= 0.6 is 11.3 Å². The van der Waals surface area contributed by atoms with E-state index in [2.05, 4.69) is 10.6 Å². The molecule has 10 heteroatoms. The Morgan fingerprint density at radius 3 is 2.57 bits per heavy atom. The van der Waals surface area contributed by atoms with Gasteiger partial charge in [-0.2, -0.15) is 4.31 Å². The first-order valence-corrected chi connectivity index (χ1v) is 12.1. The van der Waals surface area contributed by atoms with Crippen LogP contribution in [-0.2, 0) is 24.3 Å². The predicted octanol–water partition coefficient (Wildman–Crippen LogP) is 1.44. The Morgan fingerprint density at radius 2 is 1.89 bits per heavy atom. The van der Waals surface area contributed by atoms with Crippen molar-refractivity contribution in [3.63, 3.8) is 0 Å². The molecule has 2 N–H and O–H groups in total. The molecule has 0 aromatic carbocycles. The number of hydrogen-bond acceptors (Lipinski definition) is 6. The summed E-state index contributed by atoms with van der Waals surface area (Å²) in [6.45, 7) is 0.655. The van der Waals surface area contributed by atoms with Crippen LogP contribution in [0.15, 0.2) is 21.7 Å². The van der Waals surface area contributed by atoms with E-state index in [1.807, 2.05) is 0 Å². The number of nitrogens with one attached hydrogen (secondary N) is 2. The van der Waals surface area contributed by atoms with E-state index in [1.54, 1.807) is 17.5 Å². The Hall–Kier alpha value is -1.49. The van der Waals surface area contributed by atoms with E-state index in [4.69, 9.17) is 4.74 Å². The highest BCUT2D eigenvalue weighted by atomic mass is 32.2. The van der Waals surface area contributed by atoms with Crippen molar-refractivity contribution in [1.82, 2.24) is 14.9 Å². The van der Waals surface area contributed by atoms with Gasteiger partial charge in [-0.3, -0.25) is 9.59 Å². The molecule has 8 nitrogen and oxygen atoms in total. The van der Waals surface area contributed by atoms with Gasteiger partial charge in [-0.05, 0) is 30.7 Å². The van der Waals surface area contributed by atoms with E-state index >= 15 is 0 Å². The number of carbonyl (C=O) groups excluding carboxylic acids is 2. The van der Waals surface area contributed by atoms with Gasteiger partial charge in [0.25, 0.3) is 10.0 Å². The highest BCUT2D eigenvalue weighted by molar-refractivity contribution is 7.91. The Bertz CT molecular complexity index is 758. The van der Waals surface area contributed by atoms with Crippen LogP contribution in [0.1, 0.15) is 44.9 Å². The highest BCUT2D eigenvalue weighted by Gasteiger charge is 2.35. The van der Waals surface area contributed by atoms with Gasteiger partial charge < -0.3 is 15.4 Å². The molecule has 2 heterocycles. The molecule has 1 aliphatic heterocycles. The van der Waals surface area contributed by atoms with Crippen LogP contribution in [0, 0.1) is 0 Å².